The summed E-state index contributed by atoms with van der Waals surface area (Å²) >= 11 is 0. The minimum atomic E-state index is -2.47. The monoisotopic (exact) mass is 1480 g/mol. The standard InChI is InChI=1S/C56H94N4O41/c1-13(68)57-25-34(77)43(21(9-65)88-49(25)86)96-50-26(58-14(2)69)36(79)45(23(11-67)93-50)98-55-42(85)47(33(76)24(95-55)12-87-53-40(83)37(80)29(72)17(5-61)90-53)100-56-48(39(82)31(74)19(7-63)92-56)101-51-27(59-15(3)70)35(78)44(22(10-66)94-51)97-52-28(60-16(4)71)46(32(75)20(8-64)89-52)99-54-41(84)38(81)30(73)18(6-62)91-54/h17-56,61-67,72-86H,5-12H2,1-4H3,(H,57,68)(H,58,69)(H,59,70)(H,60,71)/t17-,18-,19-,20-,21-,22-,23-,24-,25-,26-,27-,28-,29-,30+,31-,32+,33-,34-,35-,36-,37+,38+,39+,40+,41-,42+,43-,44-,45-,46-,47+,48+,49-,50+,51+,52+,53+,54+,55+,56-/m1/s1. The van der Waals surface area contributed by atoms with Crippen molar-refractivity contribution in [3.8, 4) is 0 Å². The number of aliphatic hydroxyl groups is 22. The van der Waals surface area contributed by atoms with E-state index in [4.69, 9.17) is 71.1 Å². The lowest BCUT2D eigenvalue weighted by atomic mass is 9.93. The quantitative estimate of drug-likeness (QED) is 0.0382. The predicted molar refractivity (Wildman–Crippen MR) is 311 cm³/mol. The summed E-state index contributed by atoms with van der Waals surface area (Å²) in [5.41, 5.74) is 0. The van der Waals surface area contributed by atoms with E-state index in [-0.39, 0.29) is 0 Å². The van der Waals surface area contributed by atoms with E-state index in [1.807, 2.05) is 0 Å². The van der Waals surface area contributed by atoms with Gasteiger partial charge in [0.05, 0.1) is 52.9 Å². The van der Waals surface area contributed by atoms with Crippen LogP contribution in [-0.4, -0.2) is 434 Å². The maximum absolute atomic E-state index is 13.1. The van der Waals surface area contributed by atoms with Gasteiger partial charge >= 0.3 is 0 Å². The zero-order valence-electron chi connectivity index (χ0n) is 54.3. The fourth-order valence-corrected chi connectivity index (χ4v) is 13.0. The molecule has 8 aliphatic rings. The highest BCUT2D eigenvalue weighted by molar-refractivity contribution is 5.74. The molecule has 0 bridgehead atoms. The summed E-state index contributed by atoms with van der Waals surface area (Å²) in [6.07, 6.45) is -72.8. The number of amides is 4. The maximum Gasteiger partial charge on any atom is 0.217 e. The molecule has 0 aromatic carbocycles. The van der Waals surface area contributed by atoms with Crippen LogP contribution in [0.25, 0.3) is 0 Å². The number of nitrogens with one attached hydrogen (secondary N) is 4. The average Bonchev–Trinajstić information content (AvgIpc) is 0.601. The van der Waals surface area contributed by atoms with Crippen molar-refractivity contribution in [3.05, 3.63) is 0 Å². The molecule has 0 aromatic rings. The van der Waals surface area contributed by atoms with Crippen molar-refractivity contribution in [1.29, 1.82) is 0 Å². The van der Waals surface area contributed by atoms with Gasteiger partial charge in [0.2, 0.25) is 23.6 Å². The Labute approximate surface area is 572 Å². The minimum absolute atomic E-state index is 0.759. The van der Waals surface area contributed by atoms with Crippen LogP contribution >= 0.6 is 0 Å². The Hall–Kier alpha value is -3.60. The average molecular weight is 1480 g/mol. The van der Waals surface area contributed by atoms with Crippen LogP contribution in [0.5, 0.6) is 0 Å². The van der Waals surface area contributed by atoms with Gasteiger partial charge in [-0.15, -0.1) is 0 Å². The Balaban J connectivity index is 1.09. The Morgan fingerprint density at radius 3 is 1.02 bits per heavy atom. The smallest absolute Gasteiger partial charge is 0.217 e. The summed E-state index contributed by atoms with van der Waals surface area (Å²) in [4.78, 5) is 50.7. The molecular weight excluding hydrogens is 1380 g/mol. The van der Waals surface area contributed by atoms with Crippen LogP contribution in [0.15, 0.2) is 0 Å². The molecule has 0 aromatic heterocycles. The van der Waals surface area contributed by atoms with Crippen LogP contribution in [0.3, 0.4) is 0 Å². The van der Waals surface area contributed by atoms with Gasteiger partial charge in [-0.2, -0.15) is 0 Å². The maximum atomic E-state index is 13.1. The molecule has 0 unspecified atom stereocenters. The summed E-state index contributed by atoms with van der Waals surface area (Å²) in [5.74, 6) is -3.50. The first-order valence-corrected chi connectivity index (χ1v) is 32.1. The van der Waals surface area contributed by atoms with Crippen molar-refractivity contribution in [1.82, 2.24) is 21.3 Å². The zero-order valence-corrected chi connectivity index (χ0v) is 54.3. The van der Waals surface area contributed by atoms with Gasteiger partial charge < -0.3 is 205 Å². The van der Waals surface area contributed by atoms with E-state index in [0.29, 0.717) is 0 Å². The molecule has 45 nitrogen and oxygen atoms in total. The Morgan fingerprint density at radius 2 is 0.554 bits per heavy atom. The molecule has 45 heteroatoms. The van der Waals surface area contributed by atoms with Crippen LogP contribution in [0.4, 0.5) is 0 Å². The lowest BCUT2D eigenvalue weighted by molar-refractivity contribution is -0.397. The van der Waals surface area contributed by atoms with Gasteiger partial charge in [-0.3, -0.25) is 19.2 Å². The van der Waals surface area contributed by atoms with Crippen LogP contribution in [0.1, 0.15) is 27.7 Å². The topological polar surface area (TPSA) is 700 Å². The molecule has 4 amide bonds. The highest BCUT2D eigenvalue weighted by Crippen LogP contribution is 2.39. The third-order valence-electron chi connectivity index (χ3n) is 18.2. The van der Waals surface area contributed by atoms with Gasteiger partial charge in [-0.05, 0) is 0 Å². The summed E-state index contributed by atoms with van der Waals surface area (Å²) in [5, 5.41) is 251. The first-order chi connectivity index (χ1) is 47.8. The van der Waals surface area contributed by atoms with Crippen LogP contribution in [0.2, 0.25) is 0 Å². The summed E-state index contributed by atoms with van der Waals surface area (Å²) in [7, 11) is 0. The first kappa shape index (κ1) is 83.0. The van der Waals surface area contributed by atoms with Crippen LogP contribution in [0, 0.1) is 0 Å². The molecule has 0 aliphatic carbocycles. The SMILES string of the molecule is CC(=O)N[C@@H]1[C@@H](O)[C@H](O[C@@H]2O[C@H](CO)[C@@H](O[C@@H]3O[C@H](CO[C@H]4O[C@H](CO)[C@@H](O)[C@H](O)[C@@H]4O)[C@@H](O)[C@H](O[C@H]4O[C@H](CO)[C@@H](O)[C@H](O)[C@@H]4O[C@@H]4O[C@H](CO)[C@@H](O[C@@H]5O[C@H](CO)[C@H](O)[C@H](O[C@@H]6O[C@H](CO)[C@H](O)[C@H](O)[C@H]6O)[C@H]5NC(C)=O)[C@H](O)[C@H]4NC(C)=O)[C@@H]3O)[C@H](O)[C@H]2NC(C)=O)[C@@H](CO)O[C@H]1O. The van der Waals surface area contributed by atoms with Gasteiger partial charge in [0.15, 0.2) is 50.3 Å². The van der Waals surface area contributed by atoms with Gasteiger partial charge in [0.1, 0.15) is 195 Å². The predicted octanol–water partition coefficient (Wildman–Crippen LogP) is -17.9. The minimum Gasteiger partial charge on any atom is -0.394 e. The molecule has 0 spiro atoms. The van der Waals surface area contributed by atoms with E-state index in [1.54, 1.807) is 0 Å². The Kier molecular flexibility index (Phi) is 29.9. The third-order valence-corrected chi connectivity index (χ3v) is 18.2. The molecule has 8 aliphatic heterocycles. The Morgan fingerprint density at radius 1 is 0.257 bits per heavy atom. The largest absolute Gasteiger partial charge is 0.394 e. The van der Waals surface area contributed by atoms with Crippen LogP contribution in [-0.2, 0) is 90.2 Å². The second kappa shape index (κ2) is 36.3. The van der Waals surface area contributed by atoms with E-state index in [0.717, 1.165) is 27.7 Å². The fourth-order valence-electron chi connectivity index (χ4n) is 13.0. The van der Waals surface area contributed by atoms with Gasteiger partial charge in [0.25, 0.3) is 0 Å². The molecule has 0 saturated carbocycles. The summed E-state index contributed by atoms with van der Waals surface area (Å²) in [6, 6.07) is -7.23. The van der Waals surface area contributed by atoms with Crippen molar-refractivity contribution in [2.24, 2.45) is 0 Å². The van der Waals surface area contributed by atoms with Crippen LogP contribution < -0.4 is 21.3 Å². The highest BCUT2D eigenvalue weighted by Gasteiger charge is 2.60. The van der Waals surface area contributed by atoms with Gasteiger partial charge in [-0.25, -0.2) is 0 Å². The summed E-state index contributed by atoms with van der Waals surface area (Å²) < 4.78 is 88.3. The molecule has 8 saturated heterocycles. The molecule has 26 N–H and O–H groups in total. The van der Waals surface area contributed by atoms with E-state index in [1.165, 1.54) is 0 Å². The fraction of sp³-hybridized carbons (Fsp3) is 0.929. The second-order valence-corrected chi connectivity index (χ2v) is 25.4. The van der Waals surface area contributed by atoms with Gasteiger partial charge in [0, 0.05) is 27.7 Å². The zero-order chi connectivity index (χ0) is 74.5. The lowest BCUT2D eigenvalue weighted by Gasteiger charge is -2.51. The third kappa shape index (κ3) is 18.5. The number of ether oxygens (including phenoxy) is 15. The number of rotatable bonds is 26. The summed E-state index contributed by atoms with van der Waals surface area (Å²) in [6.45, 7) is -4.43. The molecule has 8 rings (SSSR count). The van der Waals surface area contributed by atoms with Gasteiger partial charge in [-0.1, -0.05) is 0 Å². The highest BCUT2D eigenvalue weighted by atomic mass is 16.8. The lowest BCUT2D eigenvalue weighted by Crippen LogP contribution is -2.71. The van der Waals surface area contributed by atoms with E-state index in [2.05, 4.69) is 21.3 Å². The molecule has 584 valence electrons. The number of carbonyl (C=O) groups is 4. The van der Waals surface area contributed by atoms with Crippen molar-refractivity contribution < 1.29 is 203 Å². The van der Waals surface area contributed by atoms with Crippen molar-refractivity contribution >= 4 is 23.6 Å². The number of carbonyl (C=O) groups excluding carboxylic acids is 4. The molecule has 0 radical (unpaired) electrons. The van der Waals surface area contributed by atoms with Crippen molar-refractivity contribution in [2.75, 3.05) is 52.9 Å². The second-order valence-electron chi connectivity index (χ2n) is 25.4. The number of aliphatic hydroxyl groups excluding tert-OH is 22. The van der Waals surface area contributed by atoms with E-state index >= 15 is 0 Å². The van der Waals surface area contributed by atoms with Crippen molar-refractivity contribution in [3.63, 3.8) is 0 Å². The normalized spacial score (nSPS) is 48.3. The molecule has 8 fully saturated rings. The first-order valence-electron chi connectivity index (χ1n) is 32.1. The Bertz CT molecular complexity index is 2640. The molecule has 8 heterocycles. The van der Waals surface area contributed by atoms with E-state index < -0.39 is 322 Å². The molecular formula is C56H94N4O41. The molecule has 40 atom stereocenters. The number of hydrogen-bond acceptors (Lipinski definition) is 41. The number of hydrogen-bond donors (Lipinski definition) is 26. The molecule has 101 heavy (non-hydrogen) atoms. The van der Waals surface area contributed by atoms with E-state index in [9.17, 15) is 132 Å². The van der Waals surface area contributed by atoms with Crippen molar-refractivity contribution in [2.45, 2.75) is 273 Å².